The number of hydrogen-bond donors (Lipinski definition) is 1. The van der Waals surface area contributed by atoms with Gasteiger partial charge >= 0.3 is 0 Å². The highest BCUT2D eigenvalue weighted by Gasteiger charge is 2.17. The van der Waals surface area contributed by atoms with E-state index in [9.17, 15) is 5.11 Å². The number of aromatic nitrogens is 3. The predicted octanol–water partition coefficient (Wildman–Crippen LogP) is 0.423. The Morgan fingerprint density at radius 2 is 2.21 bits per heavy atom. The van der Waals surface area contributed by atoms with Crippen LogP contribution in [-0.4, -0.2) is 25.7 Å². The maximum absolute atomic E-state index is 9.58. The van der Waals surface area contributed by atoms with Crippen LogP contribution in [0, 0.1) is 18.3 Å². The van der Waals surface area contributed by atoms with E-state index in [0.717, 1.165) is 5.69 Å². The zero-order chi connectivity index (χ0) is 10.8. The van der Waals surface area contributed by atoms with Crippen molar-refractivity contribution in [2.24, 2.45) is 0 Å². The van der Waals surface area contributed by atoms with Crippen LogP contribution < -0.4 is 0 Å². The maximum Gasteiger partial charge on any atom is 0.0996 e. The molecule has 0 spiro atoms. The molecule has 1 heterocycles. The molecule has 0 aliphatic carbocycles. The van der Waals surface area contributed by atoms with Gasteiger partial charge in [-0.05, 0) is 20.8 Å². The van der Waals surface area contributed by atoms with Crippen molar-refractivity contribution in [2.75, 3.05) is 0 Å². The number of rotatable bonds is 3. The topological polar surface area (TPSA) is 74.7 Å². The van der Waals surface area contributed by atoms with Gasteiger partial charge in [0.25, 0.3) is 0 Å². The first-order valence-corrected chi connectivity index (χ1v) is 4.42. The molecule has 1 aromatic heterocycles. The Bertz CT molecular complexity index is 356. The molecule has 0 amide bonds. The minimum absolute atomic E-state index is 0.262. The Morgan fingerprint density at radius 1 is 1.57 bits per heavy atom. The first-order valence-electron chi connectivity index (χ1n) is 4.42. The predicted molar refractivity (Wildman–Crippen MR) is 50.4 cm³/mol. The number of nitriles is 1. The van der Waals surface area contributed by atoms with E-state index in [4.69, 9.17) is 5.26 Å². The van der Waals surface area contributed by atoms with Crippen LogP contribution in [0.3, 0.4) is 0 Å². The third-order valence-electron chi connectivity index (χ3n) is 1.86. The summed E-state index contributed by atoms with van der Waals surface area (Å²) in [6.07, 6.45) is 0.262. The average Bonchev–Trinajstić information content (AvgIpc) is 2.34. The van der Waals surface area contributed by atoms with Gasteiger partial charge < -0.3 is 5.11 Å². The zero-order valence-electron chi connectivity index (χ0n) is 8.65. The van der Waals surface area contributed by atoms with Gasteiger partial charge in [0.05, 0.1) is 36.0 Å². The van der Waals surface area contributed by atoms with E-state index >= 15 is 0 Å². The van der Waals surface area contributed by atoms with Crippen molar-refractivity contribution in [3.63, 3.8) is 0 Å². The minimum atomic E-state index is -0.817. The molecular weight excluding hydrogens is 180 g/mol. The zero-order valence-corrected chi connectivity index (χ0v) is 8.65. The molecule has 0 unspecified atom stereocenters. The van der Waals surface area contributed by atoms with Crippen LogP contribution in [0.5, 0.6) is 0 Å². The second-order valence-corrected chi connectivity index (χ2v) is 3.93. The standard InChI is InChI=1S/C9H14N4O/c1-7-8(4-5-10)11-12-13(7)6-9(2,3)14/h14H,4,6H2,1-3H3. The van der Waals surface area contributed by atoms with Gasteiger partial charge in [-0.2, -0.15) is 5.26 Å². The molecular formula is C9H14N4O. The van der Waals surface area contributed by atoms with Gasteiger partial charge in [0, 0.05) is 0 Å². The molecule has 0 fully saturated rings. The summed E-state index contributed by atoms with van der Waals surface area (Å²) in [5, 5.41) is 25.8. The number of hydrogen-bond acceptors (Lipinski definition) is 4. The Balaban J connectivity index is 2.86. The van der Waals surface area contributed by atoms with Crippen LogP contribution in [0.15, 0.2) is 0 Å². The monoisotopic (exact) mass is 194 g/mol. The molecule has 5 heteroatoms. The van der Waals surface area contributed by atoms with Crippen LogP contribution in [-0.2, 0) is 13.0 Å². The Hall–Kier alpha value is -1.41. The lowest BCUT2D eigenvalue weighted by Gasteiger charge is -2.17. The van der Waals surface area contributed by atoms with Gasteiger partial charge in [-0.25, -0.2) is 4.68 Å². The molecule has 76 valence electrons. The Morgan fingerprint density at radius 3 is 2.71 bits per heavy atom. The summed E-state index contributed by atoms with van der Waals surface area (Å²) >= 11 is 0. The largest absolute Gasteiger partial charge is 0.389 e. The molecule has 14 heavy (non-hydrogen) atoms. The Kier molecular flexibility index (Phi) is 2.87. The summed E-state index contributed by atoms with van der Waals surface area (Å²) in [6, 6.07) is 2.02. The molecule has 1 N–H and O–H groups in total. The maximum atomic E-state index is 9.58. The molecule has 0 aliphatic heterocycles. The summed E-state index contributed by atoms with van der Waals surface area (Å²) < 4.78 is 1.62. The average molecular weight is 194 g/mol. The summed E-state index contributed by atoms with van der Waals surface area (Å²) in [5.41, 5.74) is 0.702. The normalized spacial score (nSPS) is 11.4. The van der Waals surface area contributed by atoms with Gasteiger partial charge in [0.15, 0.2) is 0 Å². The van der Waals surface area contributed by atoms with Crippen molar-refractivity contribution in [1.29, 1.82) is 5.26 Å². The van der Waals surface area contributed by atoms with E-state index in [-0.39, 0.29) is 6.42 Å². The molecule has 0 atom stereocenters. The Labute approximate surface area is 83.0 Å². The van der Waals surface area contributed by atoms with E-state index < -0.39 is 5.60 Å². The van der Waals surface area contributed by atoms with Gasteiger partial charge in [-0.15, -0.1) is 5.10 Å². The lowest BCUT2D eigenvalue weighted by Crippen LogP contribution is -2.27. The van der Waals surface area contributed by atoms with Crippen molar-refractivity contribution in [2.45, 2.75) is 39.3 Å². The lowest BCUT2D eigenvalue weighted by molar-refractivity contribution is 0.0565. The fourth-order valence-corrected chi connectivity index (χ4v) is 1.15. The number of nitrogens with zero attached hydrogens (tertiary/aromatic N) is 4. The highest BCUT2D eigenvalue weighted by atomic mass is 16.3. The SMILES string of the molecule is Cc1c(CC#N)nnn1CC(C)(C)O. The molecule has 5 nitrogen and oxygen atoms in total. The third-order valence-corrected chi connectivity index (χ3v) is 1.86. The molecule has 0 radical (unpaired) electrons. The molecule has 1 aromatic rings. The molecule has 0 saturated carbocycles. The van der Waals surface area contributed by atoms with E-state index in [0.29, 0.717) is 12.2 Å². The molecule has 0 saturated heterocycles. The van der Waals surface area contributed by atoms with Crippen molar-refractivity contribution in [3.8, 4) is 6.07 Å². The lowest BCUT2D eigenvalue weighted by atomic mass is 10.1. The first-order chi connectivity index (χ1) is 6.44. The minimum Gasteiger partial charge on any atom is -0.389 e. The van der Waals surface area contributed by atoms with E-state index in [1.54, 1.807) is 18.5 Å². The summed E-state index contributed by atoms with van der Waals surface area (Å²) in [6.45, 7) is 5.64. The summed E-state index contributed by atoms with van der Waals surface area (Å²) in [5.74, 6) is 0. The summed E-state index contributed by atoms with van der Waals surface area (Å²) in [7, 11) is 0. The van der Waals surface area contributed by atoms with E-state index in [1.807, 2.05) is 13.0 Å². The van der Waals surface area contributed by atoms with E-state index in [1.165, 1.54) is 0 Å². The quantitative estimate of drug-likeness (QED) is 0.756. The third kappa shape index (κ3) is 2.54. The van der Waals surface area contributed by atoms with Crippen molar-refractivity contribution in [1.82, 2.24) is 15.0 Å². The van der Waals surface area contributed by atoms with Gasteiger partial charge in [0.2, 0.25) is 0 Å². The highest BCUT2D eigenvalue weighted by molar-refractivity contribution is 5.12. The van der Waals surface area contributed by atoms with Crippen LogP contribution in [0.4, 0.5) is 0 Å². The van der Waals surface area contributed by atoms with Crippen LogP contribution in [0.1, 0.15) is 25.2 Å². The van der Waals surface area contributed by atoms with Gasteiger partial charge in [-0.3, -0.25) is 0 Å². The molecule has 1 rings (SSSR count). The van der Waals surface area contributed by atoms with E-state index in [2.05, 4.69) is 10.3 Å². The van der Waals surface area contributed by atoms with Gasteiger partial charge in [0.1, 0.15) is 0 Å². The van der Waals surface area contributed by atoms with Gasteiger partial charge in [-0.1, -0.05) is 5.21 Å². The molecule has 0 aliphatic rings. The number of aliphatic hydroxyl groups is 1. The highest BCUT2D eigenvalue weighted by Crippen LogP contribution is 2.09. The second-order valence-electron chi connectivity index (χ2n) is 3.93. The van der Waals surface area contributed by atoms with Crippen LogP contribution in [0.2, 0.25) is 0 Å². The van der Waals surface area contributed by atoms with Crippen molar-refractivity contribution < 1.29 is 5.11 Å². The van der Waals surface area contributed by atoms with Crippen LogP contribution in [0.25, 0.3) is 0 Å². The van der Waals surface area contributed by atoms with Crippen molar-refractivity contribution in [3.05, 3.63) is 11.4 Å². The molecule has 0 aromatic carbocycles. The summed E-state index contributed by atoms with van der Waals surface area (Å²) in [4.78, 5) is 0. The fraction of sp³-hybridized carbons (Fsp3) is 0.667. The smallest absolute Gasteiger partial charge is 0.0996 e. The van der Waals surface area contributed by atoms with Crippen molar-refractivity contribution >= 4 is 0 Å². The molecule has 0 bridgehead atoms. The fourth-order valence-electron chi connectivity index (χ4n) is 1.15. The van der Waals surface area contributed by atoms with Crippen LogP contribution >= 0.6 is 0 Å². The second kappa shape index (κ2) is 3.76. The first kappa shape index (κ1) is 10.7.